The number of benzene rings is 3. The third-order valence-electron chi connectivity index (χ3n) is 12.8. The van der Waals surface area contributed by atoms with Gasteiger partial charge in [0.25, 0.3) is 0 Å². The summed E-state index contributed by atoms with van der Waals surface area (Å²) in [6.07, 6.45) is 10.3. The standard InChI is InChI=1S/C46H71NO4Si2/c1-45(2,3)52(8,9)50-42-24-20-37-31-36(18-19-39(37)33-42)38-21-25-44(48-7)40(32-38)34-43(51-53(10,11)46(4,5)6)30-35-16-22-41(23-17-35)49-29-28-47-26-14-12-13-15-27-47/h16-17,20-25,32-33,36,43H,12-15,18-19,26-31,34H2,1-11H3. The molecule has 7 heteroatoms. The van der Waals surface area contributed by atoms with Crippen molar-refractivity contribution in [3.05, 3.63) is 88.5 Å². The first-order chi connectivity index (χ1) is 24.9. The molecule has 1 aliphatic heterocycles. The highest BCUT2D eigenvalue weighted by Crippen LogP contribution is 2.41. The molecule has 1 aliphatic carbocycles. The van der Waals surface area contributed by atoms with Crippen LogP contribution >= 0.6 is 0 Å². The Bertz CT molecular complexity index is 1610. The maximum Gasteiger partial charge on any atom is 0.250 e. The van der Waals surface area contributed by atoms with E-state index >= 15 is 0 Å². The van der Waals surface area contributed by atoms with E-state index in [4.69, 9.17) is 18.3 Å². The third-order valence-corrected chi connectivity index (χ3v) is 21.7. The number of methoxy groups -OCH3 is 1. The topological polar surface area (TPSA) is 40.2 Å². The molecule has 3 aromatic carbocycles. The molecular weight excluding hydrogens is 687 g/mol. The second-order valence-electron chi connectivity index (χ2n) is 19.0. The number of likely N-dealkylation sites (tertiary alicyclic amines) is 1. The van der Waals surface area contributed by atoms with E-state index in [9.17, 15) is 0 Å². The number of ether oxygens (including phenoxy) is 2. The molecule has 0 saturated carbocycles. The van der Waals surface area contributed by atoms with Crippen LogP contribution in [0.5, 0.6) is 17.2 Å². The second-order valence-corrected chi connectivity index (χ2v) is 28.4. The quantitative estimate of drug-likeness (QED) is 0.153. The van der Waals surface area contributed by atoms with Gasteiger partial charge in [-0.25, -0.2) is 0 Å². The normalized spacial score (nSPS) is 18.2. The highest BCUT2D eigenvalue weighted by atomic mass is 28.4. The number of rotatable bonds is 14. The Morgan fingerprint density at radius 1 is 0.736 bits per heavy atom. The molecule has 0 amide bonds. The summed E-state index contributed by atoms with van der Waals surface area (Å²) in [7, 11) is -2.12. The summed E-state index contributed by atoms with van der Waals surface area (Å²) in [5.74, 6) is 3.42. The van der Waals surface area contributed by atoms with Crippen LogP contribution in [0.25, 0.3) is 0 Å². The fourth-order valence-corrected chi connectivity index (χ4v) is 9.75. The zero-order chi connectivity index (χ0) is 38.4. The van der Waals surface area contributed by atoms with E-state index in [2.05, 4.69) is 133 Å². The van der Waals surface area contributed by atoms with Gasteiger partial charge < -0.3 is 18.3 Å². The summed E-state index contributed by atoms with van der Waals surface area (Å²) >= 11 is 0. The Balaban J connectivity index is 1.29. The van der Waals surface area contributed by atoms with E-state index in [0.29, 0.717) is 5.92 Å². The van der Waals surface area contributed by atoms with Gasteiger partial charge in [-0.1, -0.05) is 84.7 Å². The smallest absolute Gasteiger partial charge is 0.250 e. The predicted octanol–water partition coefficient (Wildman–Crippen LogP) is 11.8. The van der Waals surface area contributed by atoms with Gasteiger partial charge in [0, 0.05) is 13.0 Å². The Kier molecular flexibility index (Phi) is 13.7. The molecule has 2 aliphatic rings. The molecule has 0 N–H and O–H groups in total. The summed E-state index contributed by atoms with van der Waals surface area (Å²) in [6.45, 7) is 27.5. The highest BCUT2D eigenvalue weighted by molar-refractivity contribution is 6.75. The third kappa shape index (κ3) is 11.2. The van der Waals surface area contributed by atoms with Gasteiger partial charge in [0.15, 0.2) is 8.32 Å². The molecular formula is C46H71NO4Si2. The fourth-order valence-electron chi connectivity index (χ4n) is 7.37. The zero-order valence-corrected chi connectivity index (χ0v) is 37.2. The molecule has 2 unspecified atom stereocenters. The van der Waals surface area contributed by atoms with Crippen molar-refractivity contribution in [2.45, 2.75) is 148 Å². The summed E-state index contributed by atoms with van der Waals surface area (Å²) in [5, 5.41) is 0.299. The average Bonchev–Trinajstić information content (AvgIpc) is 3.36. The van der Waals surface area contributed by atoms with E-state index in [-0.39, 0.29) is 16.2 Å². The van der Waals surface area contributed by atoms with Gasteiger partial charge in [-0.2, -0.15) is 0 Å². The minimum Gasteiger partial charge on any atom is -0.543 e. The minimum absolute atomic E-state index is 0.0428. The molecule has 2 atom stereocenters. The maximum absolute atomic E-state index is 7.22. The first-order valence-electron chi connectivity index (χ1n) is 20.5. The lowest BCUT2D eigenvalue weighted by atomic mass is 9.79. The lowest BCUT2D eigenvalue weighted by Gasteiger charge is -2.39. The van der Waals surface area contributed by atoms with Crippen molar-refractivity contribution in [3.63, 3.8) is 0 Å². The van der Waals surface area contributed by atoms with Crippen molar-refractivity contribution >= 4 is 16.6 Å². The Morgan fingerprint density at radius 2 is 1.40 bits per heavy atom. The van der Waals surface area contributed by atoms with E-state index in [1.807, 2.05) is 0 Å². The largest absolute Gasteiger partial charge is 0.543 e. The molecule has 0 radical (unpaired) electrons. The Labute approximate surface area is 325 Å². The van der Waals surface area contributed by atoms with Crippen molar-refractivity contribution in [2.75, 3.05) is 33.4 Å². The fraction of sp³-hybridized carbons (Fsp3) is 0.609. The molecule has 1 heterocycles. The van der Waals surface area contributed by atoms with Crippen LogP contribution in [0, 0.1) is 0 Å². The predicted molar refractivity (Wildman–Crippen MR) is 228 cm³/mol. The van der Waals surface area contributed by atoms with Crippen molar-refractivity contribution in [1.82, 2.24) is 4.90 Å². The van der Waals surface area contributed by atoms with Gasteiger partial charge in [0.2, 0.25) is 8.32 Å². The highest BCUT2D eigenvalue weighted by Gasteiger charge is 2.40. The molecule has 0 aromatic heterocycles. The van der Waals surface area contributed by atoms with Crippen LogP contribution in [0.1, 0.15) is 107 Å². The van der Waals surface area contributed by atoms with Gasteiger partial charge >= 0.3 is 0 Å². The SMILES string of the molecule is COc1ccc(C2CCc3cc(O[Si](C)(C)C(C)(C)C)ccc3C2)cc1CC(Cc1ccc(OCCN2CCCCCC2)cc1)O[Si](C)(C)C(C)(C)C. The lowest BCUT2D eigenvalue weighted by molar-refractivity contribution is 0.179. The van der Waals surface area contributed by atoms with Crippen LogP contribution in [0.15, 0.2) is 60.7 Å². The molecule has 53 heavy (non-hydrogen) atoms. The average molecular weight is 758 g/mol. The summed E-state index contributed by atoms with van der Waals surface area (Å²) < 4.78 is 26.1. The molecule has 1 saturated heterocycles. The first kappa shape index (κ1) is 41.6. The van der Waals surface area contributed by atoms with Gasteiger partial charge in [-0.05, 0) is 152 Å². The van der Waals surface area contributed by atoms with Gasteiger partial charge in [0.05, 0.1) is 13.2 Å². The monoisotopic (exact) mass is 757 g/mol. The minimum atomic E-state index is -2.05. The molecule has 5 nitrogen and oxygen atoms in total. The summed E-state index contributed by atoms with van der Waals surface area (Å²) in [4.78, 5) is 2.56. The lowest BCUT2D eigenvalue weighted by Crippen LogP contribution is -2.45. The van der Waals surface area contributed by atoms with Gasteiger partial charge in [0.1, 0.15) is 23.9 Å². The van der Waals surface area contributed by atoms with E-state index < -0.39 is 16.6 Å². The van der Waals surface area contributed by atoms with Crippen LogP contribution in [0.3, 0.4) is 0 Å². The number of nitrogens with zero attached hydrogens (tertiary/aromatic N) is 1. The van der Waals surface area contributed by atoms with Gasteiger partial charge in [-0.3, -0.25) is 4.90 Å². The Hall–Kier alpha value is -2.59. The summed E-state index contributed by atoms with van der Waals surface area (Å²) in [5.41, 5.74) is 6.83. The molecule has 5 rings (SSSR count). The van der Waals surface area contributed by atoms with E-state index in [0.717, 1.165) is 62.5 Å². The zero-order valence-electron chi connectivity index (χ0n) is 35.2. The van der Waals surface area contributed by atoms with Crippen molar-refractivity contribution < 1.29 is 18.3 Å². The van der Waals surface area contributed by atoms with Crippen LogP contribution in [0.2, 0.25) is 36.3 Å². The molecule has 3 aromatic rings. The summed E-state index contributed by atoms with van der Waals surface area (Å²) in [6, 6.07) is 22.5. The van der Waals surface area contributed by atoms with E-state index in [1.165, 1.54) is 66.6 Å². The molecule has 292 valence electrons. The first-order valence-corrected chi connectivity index (χ1v) is 26.4. The van der Waals surface area contributed by atoms with E-state index in [1.54, 1.807) is 7.11 Å². The van der Waals surface area contributed by atoms with Crippen LogP contribution in [-0.4, -0.2) is 61.0 Å². The van der Waals surface area contributed by atoms with Crippen LogP contribution in [-0.2, 0) is 30.1 Å². The van der Waals surface area contributed by atoms with Crippen molar-refractivity contribution in [3.8, 4) is 17.2 Å². The number of hydrogen-bond acceptors (Lipinski definition) is 5. The van der Waals surface area contributed by atoms with Crippen molar-refractivity contribution in [2.24, 2.45) is 0 Å². The van der Waals surface area contributed by atoms with Crippen LogP contribution in [0.4, 0.5) is 0 Å². The van der Waals surface area contributed by atoms with Crippen molar-refractivity contribution in [1.29, 1.82) is 0 Å². The molecule has 1 fully saturated rings. The number of aryl methyl sites for hydroxylation is 1. The maximum atomic E-state index is 7.22. The second kappa shape index (κ2) is 17.5. The van der Waals surface area contributed by atoms with Gasteiger partial charge in [-0.15, -0.1) is 0 Å². The molecule has 0 spiro atoms. The Morgan fingerprint density at radius 3 is 2.04 bits per heavy atom. The number of fused-ring (bicyclic) bond motifs is 1. The number of hydrogen-bond donors (Lipinski definition) is 0. The molecule has 0 bridgehead atoms. The van der Waals surface area contributed by atoms with Crippen LogP contribution < -0.4 is 13.9 Å².